The third-order valence-corrected chi connectivity index (χ3v) is 8.52. The summed E-state index contributed by atoms with van der Waals surface area (Å²) in [6, 6.07) is 0.645. The van der Waals surface area contributed by atoms with E-state index in [1.807, 2.05) is 13.8 Å². The van der Waals surface area contributed by atoms with Crippen LogP contribution in [0, 0.1) is 17.8 Å². The Balaban J connectivity index is 1.85. The van der Waals surface area contributed by atoms with Crippen LogP contribution in [-0.4, -0.2) is 101 Å². The molecule has 1 unspecified atom stereocenters. The van der Waals surface area contributed by atoms with Crippen molar-refractivity contribution in [3.05, 3.63) is 39.7 Å². The van der Waals surface area contributed by atoms with Crippen molar-refractivity contribution in [3.8, 4) is 5.75 Å². The number of carbonyl (C=O) groups excluding carboxylic acids is 3. The highest BCUT2D eigenvalue weighted by molar-refractivity contribution is 6.14. The Morgan fingerprint density at radius 1 is 1.17 bits per heavy atom. The minimum Gasteiger partial charge on any atom is -0.508 e. The van der Waals surface area contributed by atoms with Gasteiger partial charge in [-0.25, -0.2) is 0 Å². The number of hydrogen-bond donors (Lipinski definition) is 6. The standard InChI is InChI=1S/C30H41N3O9/c1-13(2)12-42-19(34)8-7-14-11-18(32(3)4)16-9-15-10-17-23(33(5)6)26(37)22(29(31)40)28(39)30(17,41)27(38)20(15)25(36)21(16)24(14)35/h11,13,15,17,23,29,35-36,39-41H,7-10,12,31H2,1-6H3/t15-,17-,23-,29?,30-/m0/s1. The monoisotopic (exact) mass is 587 g/mol. The Morgan fingerprint density at radius 2 is 1.81 bits per heavy atom. The predicted molar refractivity (Wildman–Crippen MR) is 154 cm³/mol. The van der Waals surface area contributed by atoms with Crippen molar-refractivity contribution in [1.29, 1.82) is 0 Å². The van der Waals surface area contributed by atoms with Crippen molar-refractivity contribution in [2.45, 2.75) is 57.4 Å². The number of likely N-dealkylation sites (N-methyl/N-ethyl adjacent to an activating group) is 1. The van der Waals surface area contributed by atoms with Gasteiger partial charge in [-0.15, -0.1) is 0 Å². The number of nitrogens with two attached hydrogens (primary N) is 1. The molecule has 3 aliphatic rings. The maximum Gasteiger partial charge on any atom is 0.306 e. The predicted octanol–water partition coefficient (Wildman–Crippen LogP) is 0.954. The van der Waals surface area contributed by atoms with E-state index in [1.165, 1.54) is 4.90 Å². The summed E-state index contributed by atoms with van der Waals surface area (Å²) in [6.07, 6.45) is -1.64. The number of fused-ring (bicyclic) bond motifs is 3. The van der Waals surface area contributed by atoms with Crippen LogP contribution in [0.25, 0.3) is 5.76 Å². The molecular formula is C30H41N3O9. The number of aliphatic hydroxyl groups is 4. The summed E-state index contributed by atoms with van der Waals surface area (Å²) >= 11 is 0. The molecule has 0 bridgehead atoms. The van der Waals surface area contributed by atoms with Crippen molar-refractivity contribution in [1.82, 2.24) is 4.90 Å². The molecule has 42 heavy (non-hydrogen) atoms. The lowest BCUT2D eigenvalue weighted by molar-refractivity contribution is -0.154. The van der Waals surface area contributed by atoms with Crippen LogP contribution in [0.15, 0.2) is 23.0 Å². The number of rotatable bonds is 8. The van der Waals surface area contributed by atoms with Gasteiger partial charge in [0.25, 0.3) is 0 Å². The number of phenols is 1. The number of benzene rings is 1. The first-order valence-electron chi connectivity index (χ1n) is 14.0. The van der Waals surface area contributed by atoms with Crippen LogP contribution in [-0.2, 0) is 32.0 Å². The first-order chi connectivity index (χ1) is 19.5. The Kier molecular flexibility index (Phi) is 8.49. The lowest BCUT2D eigenvalue weighted by Crippen LogP contribution is -2.66. The van der Waals surface area contributed by atoms with Crippen LogP contribution in [0.4, 0.5) is 5.69 Å². The van der Waals surface area contributed by atoms with Gasteiger partial charge >= 0.3 is 5.97 Å². The van der Waals surface area contributed by atoms with Crippen molar-refractivity contribution in [2.24, 2.45) is 23.5 Å². The van der Waals surface area contributed by atoms with Gasteiger partial charge in [-0.2, -0.15) is 0 Å². The van der Waals surface area contributed by atoms with E-state index in [0.717, 1.165) is 0 Å². The van der Waals surface area contributed by atoms with Gasteiger partial charge in [-0.05, 0) is 62.4 Å². The number of anilines is 1. The number of esters is 1. The molecular weight excluding hydrogens is 546 g/mol. The molecule has 0 spiro atoms. The molecule has 1 aromatic rings. The van der Waals surface area contributed by atoms with Crippen LogP contribution in [0.2, 0.25) is 0 Å². The van der Waals surface area contributed by atoms with Crippen molar-refractivity contribution < 1.29 is 44.7 Å². The molecule has 12 nitrogen and oxygen atoms in total. The van der Waals surface area contributed by atoms with E-state index in [9.17, 15) is 39.9 Å². The zero-order valence-electron chi connectivity index (χ0n) is 24.8. The van der Waals surface area contributed by atoms with Gasteiger partial charge in [0.15, 0.2) is 11.4 Å². The SMILES string of the molecule is CC(C)COC(=O)CCc1cc(N(C)C)c2c(c1O)C(O)=C1C(=O)[C@]3(O)C(O)=C(C(N)O)C(=O)[C@@H](N(C)C)[C@@H]3C[C@@H]1C2. The summed E-state index contributed by atoms with van der Waals surface area (Å²) in [5, 5.41) is 55.9. The lowest BCUT2D eigenvalue weighted by atomic mass is 9.57. The zero-order chi connectivity index (χ0) is 31.4. The molecule has 0 heterocycles. The number of nitrogens with zero attached hydrogens (tertiary/aromatic N) is 2. The van der Waals surface area contributed by atoms with Gasteiger partial charge in [-0.3, -0.25) is 19.3 Å². The zero-order valence-corrected chi connectivity index (χ0v) is 24.8. The molecule has 0 amide bonds. The Hall–Kier alpha value is -3.45. The van der Waals surface area contributed by atoms with Crippen LogP contribution < -0.4 is 10.6 Å². The van der Waals surface area contributed by atoms with Gasteiger partial charge in [0.05, 0.1) is 23.8 Å². The Morgan fingerprint density at radius 3 is 2.36 bits per heavy atom. The van der Waals surface area contributed by atoms with Crippen LogP contribution >= 0.6 is 0 Å². The number of aliphatic hydroxyl groups excluding tert-OH is 3. The Bertz CT molecular complexity index is 1380. The molecule has 230 valence electrons. The van der Waals surface area contributed by atoms with Gasteiger partial charge in [0.1, 0.15) is 23.5 Å². The third kappa shape index (κ3) is 4.96. The van der Waals surface area contributed by atoms with Crippen LogP contribution in [0.1, 0.15) is 43.4 Å². The van der Waals surface area contributed by atoms with Crippen LogP contribution in [0.5, 0.6) is 5.75 Å². The molecule has 4 rings (SSSR count). The maximum absolute atomic E-state index is 14.1. The number of aryl methyl sites for hydroxylation is 1. The molecule has 0 saturated heterocycles. The number of ether oxygens (including phenoxy) is 1. The van der Waals surface area contributed by atoms with Crippen molar-refractivity contribution in [2.75, 3.05) is 39.7 Å². The lowest BCUT2D eigenvalue weighted by Gasteiger charge is -2.50. The molecule has 12 heteroatoms. The summed E-state index contributed by atoms with van der Waals surface area (Å²) in [6.45, 7) is 4.10. The summed E-state index contributed by atoms with van der Waals surface area (Å²) in [4.78, 5) is 43.0. The quantitative estimate of drug-likeness (QED) is 0.187. The summed E-state index contributed by atoms with van der Waals surface area (Å²) in [7, 11) is 6.74. The molecule has 1 saturated carbocycles. The molecule has 0 aromatic heterocycles. The second-order valence-corrected chi connectivity index (χ2v) is 12.3. The number of Topliss-reactive ketones (excluding diaryl/α,β-unsaturated/α-hetero) is 2. The molecule has 0 radical (unpaired) electrons. The molecule has 5 atom stereocenters. The second kappa shape index (κ2) is 11.3. The fourth-order valence-electron chi connectivity index (χ4n) is 6.58. The number of hydrogen-bond acceptors (Lipinski definition) is 12. The minimum absolute atomic E-state index is 0.00648. The van der Waals surface area contributed by atoms with Gasteiger partial charge in [-0.1, -0.05) is 13.8 Å². The number of phenolic OH excluding ortho intramolecular Hbond substituents is 1. The van der Waals surface area contributed by atoms with Gasteiger partial charge in [0.2, 0.25) is 5.78 Å². The first-order valence-corrected chi connectivity index (χ1v) is 14.0. The van der Waals surface area contributed by atoms with E-state index < -0.39 is 64.3 Å². The van der Waals surface area contributed by atoms with Gasteiger partial charge < -0.3 is 40.9 Å². The van der Waals surface area contributed by atoms with E-state index in [-0.39, 0.29) is 55.1 Å². The number of ketones is 2. The average molecular weight is 588 g/mol. The maximum atomic E-state index is 14.1. The van der Waals surface area contributed by atoms with E-state index in [2.05, 4.69) is 0 Å². The largest absolute Gasteiger partial charge is 0.508 e. The fourth-order valence-corrected chi connectivity index (χ4v) is 6.58. The highest BCUT2D eigenvalue weighted by atomic mass is 16.5. The van der Waals surface area contributed by atoms with E-state index in [0.29, 0.717) is 16.8 Å². The molecule has 0 aliphatic heterocycles. The smallest absolute Gasteiger partial charge is 0.306 e. The fraction of sp³-hybridized carbons (Fsp3) is 0.567. The highest BCUT2D eigenvalue weighted by Crippen LogP contribution is 2.54. The highest BCUT2D eigenvalue weighted by Gasteiger charge is 2.64. The normalized spacial score (nSPS) is 26.3. The summed E-state index contributed by atoms with van der Waals surface area (Å²) < 4.78 is 5.25. The molecule has 3 aliphatic carbocycles. The van der Waals surface area contributed by atoms with Crippen molar-refractivity contribution in [3.63, 3.8) is 0 Å². The Labute approximate surface area is 244 Å². The summed E-state index contributed by atoms with van der Waals surface area (Å²) in [5.41, 5.74) is 3.65. The van der Waals surface area contributed by atoms with Crippen LogP contribution in [0.3, 0.4) is 0 Å². The molecule has 7 N–H and O–H groups in total. The average Bonchev–Trinajstić information content (AvgIpc) is 2.88. The number of carbonyl (C=O) groups is 3. The first kappa shape index (κ1) is 31.5. The van der Waals surface area contributed by atoms with E-state index in [1.54, 1.807) is 39.2 Å². The van der Waals surface area contributed by atoms with E-state index in [4.69, 9.17) is 10.5 Å². The number of aromatic hydroxyl groups is 1. The topological polar surface area (TPSA) is 194 Å². The molecule has 1 aromatic carbocycles. The summed E-state index contributed by atoms with van der Waals surface area (Å²) in [5.74, 6) is -5.66. The second-order valence-electron chi connectivity index (χ2n) is 12.3. The minimum atomic E-state index is -2.65. The third-order valence-electron chi connectivity index (χ3n) is 8.52. The van der Waals surface area contributed by atoms with Crippen molar-refractivity contribution >= 4 is 29.0 Å². The molecule has 1 fully saturated rings. The van der Waals surface area contributed by atoms with E-state index >= 15 is 0 Å². The van der Waals surface area contributed by atoms with Gasteiger partial charge in [0, 0.05) is 37.7 Å².